The second kappa shape index (κ2) is 5.64. The molecule has 0 aliphatic heterocycles. The zero-order valence-electron chi connectivity index (χ0n) is 11.6. The minimum Gasteiger partial charge on any atom is -0.378 e. The molecule has 0 amide bonds. The van der Waals surface area contributed by atoms with Crippen LogP contribution in [-0.2, 0) is 0 Å². The lowest BCUT2D eigenvalue weighted by Gasteiger charge is -2.41. The first kappa shape index (κ1) is 15.2. The average molecular weight is 286 g/mol. The van der Waals surface area contributed by atoms with Gasteiger partial charge in [-0.25, -0.2) is 0 Å². The van der Waals surface area contributed by atoms with Crippen molar-refractivity contribution in [3.63, 3.8) is 0 Å². The second-order valence-corrected chi connectivity index (χ2v) is 5.79. The number of hydrogen-bond acceptors (Lipinski definition) is 2. The van der Waals surface area contributed by atoms with Crippen LogP contribution < -0.4 is 11.1 Å². The van der Waals surface area contributed by atoms with Crippen molar-refractivity contribution in [3.05, 3.63) is 29.8 Å². The molecular weight excluding hydrogens is 265 g/mol. The van der Waals surface area contributed by atoms with Crippen molar-refractivity contribution in [1.29, 1.82) is 0 Å². The summed E-state index contributed by atoms with van der Waals surface area (Å²) in [6, 6.07) is 7.84. The van der Waals surface area contributed by atoms with E-state index >= 15 is 0 Å². The Balaban J connectivity index is 2.05. The molecule has 0 bridgehead atoms. The molecule has 1 saturated carbocycles. The van der Waals surface area contributed by atoms with Gasteiger partial charge >= 0.3 is 6.18 Å². The van der Waals surface area contributed by atoms with Crippen LogP contribution in [0.25, 0.3) is 0 Å². The molecule has 3 N–H and O–H groups in total. The Kier molecular flexibility index (Phi) is 4.28. The summed E-state index contributed by atoms with van der Waals surface area (Å²) in [4.78, 5) is 0. The number of nitrogens with one attached hydrogen (secondary N) is 1. The number of benzene rings is 1. The maximum absolute atomic E-state index is 12.7. The highest BCUT2D eigenvalue weighted by atomic mass is 19.4. The second-order valence-electron chi connectivity index (χ2n) is 5.79. The molecule has 1 aliphatic rings. The molecule has 0 aromatic heterocycles. The van der Waals surface area contributed by atoms with Crippen molar-refractivity contribution in [1.82, 2.24) is 0 Å². The Hall–Kier alpha value is -1.23. The summed E-state index contributed by atoms with van der Waals surface area (Å²) in [6.07, 6.45) is -2.85. The molecule has 1 aromatic carbocycles. The zero-order valence-corrected chi connectivity index (χ0v) is 11.6. The molecule has 1 fully saturated rings. The molecule has 112 valence electrons. The van der Waals surface area contributed by atoms with E-state index in [2.05, 4.69) is 5.32 Å². The van der Waals surface area contributed by atoms with Crippen LogP contribution in [0.3, 0.4) is 0 Å². The SMILES string of the molecule is Cc1cccc(NC2(CN)CCC(C(F)(F)F)CC2)c1. The molecule has 1 aromatic rings. The first-order valence-corrected chi connectivity index (χ1v) is 6.96. The lowest BCUT2D eigenvalue weighted by atomic mass is 9.76. The quantitative estimate of drug-likeness (QED) is 0.885. The normalized spacial score (nSPS) is 27.4. The summed E-state index contributed by atoms with van der Waals surface area (Å²) in [6.45, 7) is 2.34. The van der Waals surface area contributed by atoms with Crippen LogP contribution in [0.15, 0.2) is 24.3 Å². The van der Waals surface area contributed by atoms with Crippen LogP contribution in [0.1, 0.15) is 31.2 Å². The van der Waals surface area contributed by atoms with Crippen molar-refractivity contribution in [3.8, 4) is 0 Å². The Morgan fingerprint density at radius 2 is 1.95 bits per heavy atom. The Morgan fingerprint density at radius 1 is 1.30 bits per heavy atom. The molecule has 2 nitrogen and oxygen atoms in total. The van der Waals surface area contributed by atoms with Gasteiger partial charge in [-0.2, -0.15) is 13.2 Å². The van der Waals surface area contributed by atoms with Crippen LogP contribution in [0, 0.1) is 12.8 Å². The van der Waals surface area contributed by atoms with Crippen LogP contribution in [0.5, 0.6) is 0 Å². The maximum atomic E-state index is 12.7. The zero-order chi connectivity index (χ0) is 14.8. The Morgan fingerprint density at radius 3 is 2.45 bits per heavy atom. The fraction of sp³-hybridized carbons (Fsp3) is 0.600. The van der Waals surface area contributed by atoms with Crippen LogP contribution in [-0.4, -0.2) is 18.3 Å². The molecule has 0 unspecified atom stereocenters. The molecule has 0 radical (unpaired) electrons. The largest absolute Gasteiger partial charge is 0.391 e. The van der Waals surface area contributed by atoms with Gasteiger partial charge < -0.3 is 11.1 Å². The number of aryl methyl sites for hydroxylation is 1. The van der Waals surface area contributed by atoms with E-state index < -0.39 is 17.6 Å². The van der Waals surface area contributed by atoms with Gasteiger partial charge in [0.15, 0.2) is 0 Å². The number of rotatable bonds is 3. The van der Waals surface area contributed by atoms with Gasteiger partial charge in [0.2, 0.25) is 0 Å². The van der Waals surface area contributed by atoms with Crippen molar-refractivity contribution in [2.24, 2.45) is 11.7 Å². The van der Waals surface area contributed by atoms with E-state index in [1.165, 1.54) is 0 Å². The number of nitrogens with two attached hydrogens (primary N) is 1. The van der Waals surface area contributed by atoms with Crippen LogP contribution >= 0.6 is 0 Å². The van der Waals surface area contributed by atoms with E-state index in [1.807, 2.05) is 31.2 Å². The summed E-state index contributed by atoms with van der Waals surface area (Å²) in [5.41, 5.74) is 7.48. The summed E-state index contributed by atoms with van der Waals surface area (Å²) < 4.78 is 38.2. The highest BCUT2D eigenvalue weighted by Crippen LogP contribution is 2.42. The van der Waals surface area contributed by atoms with E-state index in [0.29, 0.717) is 19.4 Å². The van der Waals surface area contributed by atoms with Gasteiger partial charge in [0.05, 0.1) is 5.92 Å². The topological polar surface area (TPSA) is 38.0 Å². The van der Waals surface area contributed by atoms with Crippen molar-refractivity contribution < 1.29 is 13.2 Å². The molecular formula is C15H21F3N2. The molecule has 2 rings (SSSR count). The van der Waals surface area contributed by atoms with Gasteiger partial charge in [0.25, 0.3) is 0 Å². The Bertz CT molecular complexity index is 449. The van der Waals surface area contributed by atoms with Crippen LogP contribution in [0.4, 0.5) is 18.9 Å². The van der Waals surface area contributed by atoms with E-state index in [-0.39, 0.29) is 12.8 Å². The predicted octanol–water partition coefficient (Wildman–Crippen LogP) is 3.86. The smallest absolute Gasteiger partial charge is 0.378 e. The van der Waals surface area contributed by atoms with E-state index in [1.54, 1.807) is 0 Å². The minimum absolute atomic E-state index is 0.152. The third-order valence-corrected chi connectivity index (χ3v) is 4.22. The first-order chi connectivity index (χ1) is 9.35. The van der Waals surface area contributed by atoms with Gasteiger partial charge in [-0.3, -0.25) is 0 Å². The number of halogens is 3. The van der Waals surface area contributed by atoms with Crippen molar-refractivity contribution >= 4 is 5.69 Å². The van der Waals surface area contributed by atoms with E-state index in [0.717, 1.165) is 11.3 Å². The van der Waals surface area contributed by atoms with Gasteiger partial charge in [-0.15, -0.1) is 0 Å². The van der Waals surface area contributed by atoms with Crippen molar-refractivity contribution in [2.75, 3.05) is 11.9 Å². The van der Waals surface area contributed by atoms with Gasteiger partial charge in [0.1, 0.15) is 0 Å². The van der Waals surface area contributed by atoms with Gasteiger partial charge in [0, 0.05) is 17.8 Å². The summed E-state index contributed by atoms with van der Waals surface area (Å²) >= 11 is 0. The highest BCUT2D eigenvalue weighted by molar-refractivity contribution is 5.48. The van der Waals surface area contributed by atoms with E-state index in [4.69, 9.17) is 5.73 Å². The lowest BCUT2D eigenvalue weighted by Crippen LogP contribution is -2.49. The Labute approximate surface area is 117 Å². The predicted molar refractivity (Wildman–Crippen MR) is 74.6 cm³/mol. The average Bonchev–Trinajstić information content (AvgIpc) is 2.38. The summed E-state index contributed by atoms with van der Waals surface area (Å²) in [7, 11) is 0. The minimum atomic E-state index is -4.08. The molecule has 5 heteroatoms. The number of anilines is 1. The lowest BCUT2D eigenvalue weighted by molar-refractivity contribution is -0.183. The molecule has 0 spiro atoms. The third-order valence-electron chi connectivity index (χ3n) is 4.22. The number of hydrogen-bond donors (Lipinski definition) is 2. The fourth-order valence-corrected chi connectivity index (χ4v) is 2.91. The monoisotopic (exact) mass is 286 g/mol. The summed E-state index contributed by atoms with van der Waals surface area (Å²) in [5, 5.41) is 3.36. The summed E-state index contributed by atoms with van der Waals surface area (Å²) in [5.74, 6) is -1.18. The fourth-order valence-electron chi connectivity index (χ4n) is 2.91. The first-order valence-electron chi connectivity index (χ1n) is 6.96. The third kappa shape index (κ3) is 3.45. The maximum Gasteiger partial charge on any atom is 0.391 e. The van der Waals surface area contributed by atoms with Gasteiger partial charge in [-0.1, -0.05) is 12.1 Å². The molecule has 20 heavy (non-hydrogen) atoms. The number of alkyl halides is 3. The van der Waals surface area contributed by atoms with Crippen LogP contribution in [0.2, 0.25) is 0 Å². The van der Waals surface area contributed by atoms with Crippen molar-refractivity contribution in [2.45, 2.75) is 44.3 Å². The van der Waals surface area contributed by atoms with E-state index in [9.17, 15) is 13.2 Å². The molecule has 1 aliphatic carbocycles. The molecule has 0 saturated heterocycles. The highest BCUT2D eigenvalue weighted by Gasteiger charge is 2.45. The standard InChI is InChI=1S/C15H21F3N2/c1-11-3-2-4-13(9-11)20-14(10-19)7-5-12(6-8-14)15(16,17)18/h2-4,9,12,20H,5-8,10,19H2,1H3. The van der Waals surface area contributed by atoms with Gasteiger partial charge in [-0.05, 0) is 50.3 Å². The molecule has 0 heterocycles. The molecule has 0 atom stereocenters.